The number of halogens is 2. The maximum Gasteiger partial charge on any atom is 0.169 e. The number of hydrogen-bond donors (Lipinski definition) is 0. The average Bonchev–Trinajstić information content (AvgIpc) is 2.65. The number of nitrogens with zero attached hydrogens (tertiary/aromatic N) is 1. The predicted molar refractivity (Wildman–Crippen MR) is 69.3 cm³/mol. The average molecular weight is 317 g/mol. The van der Waals surface area contributed by atoms with Gasteiger partial charge in [0.2, 0.25) is 0 Å². The van der Waals surface area contributed by atoms with Crippen molar-refractivity contribution < 1.29 is 4.79 Å². The van der Waals surface area contributed by atoms with Crippen molar-refractivity contribution in [2.24, 2.45) is 0 Å². The molecular weight excluding hydrogens is 310 g/mol. The Kier molecular flexibility index (Phi) is 3.74. The van der Waals surface area contributed by atoms with E-state index < -0.39 is 0 Å². The number of carbonyl (C=O) groups excluding carboxylic acids is 1. The Bertz CT molecular complexity index is 509. The maximum atomic E-state index is 11.8. The molecular formula is C11H7BrClNOS. The number of hydrogen-bond acceptors (Lipinski definition) is 3. The summed E-state index contributed by atoms with van der Waals surface area (Å²) in [6.07, 6.45) is 1.91. The van der Waals surface area contributed by atoms with E-state index in [4.69, 9.17) is 11.6 Å². The van der Waals surface area contributed by atoms with E-state index in [0.717, 1.165) is 8.66 Å². The van der Waals surface area contributed by atoms with Crippen LogP contribution in [0.4, 0.5) is 0 Å². The first kappa shape index (κ1) is 11.8. The normalized spacial score (nSPS) is 10.4. The van der Waals surface area contributed by atoms with Gasteiger partial charge in [-0.05, 0) is 40.2 Å². The van der Waals surface area contributed by atoms with Crippen LogP contribution in [0.5, 0.6) is 0 Å². The van der Waals surface area contributed by atoms with E-state index in [1.165, 1.54) is 6.20 Å². The number of carbonyl (C=O) groups is 1. The largest absolute Gasteiger partial charge is 0.294 e. The third-order valence-electron chi connectivity index (χ3n) is 2.01. The van der Waals surface area contributed by atoms with Crippen molar-refractivity contribution >= 4 is 44.7 Å². The van der Waals surface area contributed by atoms with E-state index >= 15 is 0 Å². The highest BCUT2D eigenvalue weighted by Gasteiger charge is 2.08. The Morgan fingerprint density at radius 2 is 2.19 bits per heavy atom. The zero-order chi connectivity index (χ0) is 11.5. The highest BCUT2D eigenvalue weighted by molar-refractivity contribution is 9.11. The molecule has 0 unspecified atom stereocenters. The molecule has 2 rings (SSSR count). The van der Waals surface area contributed by atoms with Crippen LogP contribution in [0, 0.1) is 0 Å². The molecule has 5 heteroatoms. The molecule has 0 aromatic carbocycles. The van der Waals surface area contributed by atoms with Gasteiger partial charge in [0.15, 0.2) is 5.78 Å². The Labute approximate surface area is 110 Å². The fourth-order valence-corrected chi connectivity index (χ4v) is 2.84. The monoisotopic (exact) mass is 315 g/mol. The molecule has 0 atom stereocenters. The van der Waals surface area contributed by atoms with Crippen molar-refractivity contribution in [3.05, 3.63) is 49.8 Å². The predicted octanol–water partition coefficient (Wildman–Crippen LogP) is 3.98. The van der Waals surface area contributed by atoms with Crippen LogP contribution in [0.1, 0.15) is 15.2 Å². The molecule has 0 radical (unpaired) electrons. The van der Waals surface area contributed by atoms with E-state index in [9.17, 15) is 4.79 Å². The molecule has 2 aromatic rings. The number of Topliss-reactive ketones (excluding diaryl/α,β-unsaturated/α-hetero) is 1. The first-order valence-corrected chi connectivity index (χ1v) is 6.53. The standard InChI is InChI=1S/C11H7BrClNOS/c12-10-3-2-8(16-10)5-9(15)7-1-4-11(13)14-6-7/h1-4,6H,5H2. The van der Waals surface area contributed by atoms with Gasteiger partial charge >= 0.3 is 0 Å². The number of thiophene rings is 1. The van der Waals surface area contributed by atoms with Gasteiger partial charge in [0, 0.05) is 23.1 Å². The minimum absolute atomic E-state index is 0.0542. The third kappa shape index (κ3) is 2.90. The van der Waals surface area contributed by atoms with Gasteiger partial charge < -0.3 is 0 Å². The molecule has 0 fully saturated rings. The summed E-state index contributed by atoms with van der Waals surface area (Å²) in [6.45, 7) is 0. The molecule has 0 amide bonds. The van der Waals surface area contributed by atoms with Crippen molar-refractivity contribution in [2.45, 2.75) is 6.42 Å². The lowest BCUT2D eigenvalue weighted by molar-refractivity contribution is 0.0993. The van der Waals surface area contributed by atoms with E-state index in [1.54, 1.807) is 23.5 Å². The zero-order valence-electron chi connectivity index (χ0n) is 8.11. The van der Waals surface area contributed by atoms with Crippen LogP contribution < -0.4 is 0 Å². The molecule has 0 aliphatic rings. The lowest BCUT2D eigenvalue weighted by Gasteiger charge is -1.98. The molecule has 0 bridgehead atoms. The lowest BCUT2D eigenvalue weighted by Crippen LogP contribution is -2.02. The molecule has 16 heavy (non-hydrogen) atoms. The maximum absolute atomic E-state index is 11.8. The van der Waals surface area contributed by atoms with Gasteiger partial charge in [0.25, 0.3) is 0 Å². The quantitative estimate of drug-likeness (QED) is 0.633. The van der Waals surface area contributed by atoms with Gasteiger partial charge in [-0.1, -0.05) is 11.6 Å². The first-order chi connectivity index (χ1) is 7.65. The van der Waals surface area contributed by atoms with Crippen molar-refractivity contribution in [3.63, 3.8) is 0 Å². The van der Waals surface area contributed by atoms with E-state index in [-0.39, 0.29) is 5.78 Å². The summed E-state index contributed by atoms with van der Waals surface area (Å²) < 4.78 is 1.03. The second kappa shape index (κ2) is 5.08. The summed E-state index contributed by atoms with van der Waals surface area (Å²) in [4.78, 5) is 16.8. The minimum atomic E-state index is 0.0542. The fraction of sp³-hybridized carbons (Fsp3) is 0.0909. The summed E-state index contributed by atoms with van der Waals surface area (Å²) in [5.41, 5.74) is 0.592. The van der Waals surface area contributed by atoms with Crippen LogP contribution in [0.15, 0.2) is 34.2 Å². The second-order valence-corrected chi connectivity index (χ2v) is 6.11. The minimum Gasteiger partial charge on any atom is -0.294 e. The fourth-order valence-electron chi connectivity index (χ4n) is 1.25. The molecule has 2 nitrogen and oxygen atoms in total. The Hall–Kier alpha value is -0.710. The summed E-state index contributed by atoms with van der Waals surface area (Å²) >= 11 is 10.6. The molecule has 0 aliphatic carbocycles. The van der Waals surface area contributed by atoms with Crippen molar-refractivity contribution in [1.29, 1.82) is 0 Å². The SMILES string of the molecule is O=C(Cc1ccc(Br)s1)c1ccc(Cl)nc1. The van der Waals surface area contributed by atoms with Crippen LogP contribution >= 0.6 is 38.9 Å². The lowest BCUT2D eigenvalue weighted by atomic mass is 10.1. The Morgan fingerprint density at radius 3 is 2.75 bits per heavy atom. The number of ketones is 1. The van der Waals surface area contributed by atoms with E-state index in [0.29, 0.717) is 17.1 Å². The number of rotatable bonds is 3. The van der Waals surface area contributed by atoms with Crippen molar-refractivity contribution in [2.75, 3.05) is 0 Å². The number of pyridine rings is 1. The van der Waals surface area contributed by atoms with Gasteiger partial charge in [-0.3, -0.25) is 4.79 Å². The van der Waals surface area contributed by atoms with E-state index in [1.807, 2.05) is 12.1 Å². The van der Waals surface area contributed by atoms with Crippen molar-refractivity contribution in [1.82, 2.24) is 4.98 Å². The molecule has 0 saturated heterocycles. The van der Waals surface area contributed by atoms with Crippen LogP contribution in [0.25, 0.3) is 0 Å². The summed E-state index contributed by atoms with van der Waals surface area (Å²) in [6, 6.07) is 7.20. The van der Waals surface area contributed by atoms with E-state index in [2.05, 4.69) is 20.9 Å². The Balaban J connectivity index is 2.11. The molecule has 82 valence electrons. The van der Waals surface area contributed by atoms with Gasteiger partial charge in [-0.25, -0.2) is 4.98 Å². The summed E-state index contributed by atoms with van der Waals surface area (Å²) in [5, 5.41) is 0.399. The van der Waals surface area contributed by atoms with Gasteiger partial charge in [0.1, 0.15) is 5.15 Å². The van der Waals surface area contributed by atoms with Crippen molar-refractivity contribution in [3.8, 4) is 0 Å². The van der Waals surface area contributed by atoms with Crippen LogP contribution in [-0.4, -0.2) is 10.8 Å². The Morgan fingerprint density at radius 1 is 1.38 bits per heavy atom. The molecule has 0 saturated carbocycles. The van der Waals surface area contributed by atoms with Crippen LogP contribution in [-0.2, 0) is 6.42 Å². The molecule has 2 heterocycles. The smallest absolute Gasteiger partial charge is 0.169 e. The summed E-state index contributed by atoms with van der Waals surface area (Å²) in [5.74, 6) is 0.0542. The first-order valence-electron chi connectivity index (χ1n) is 4.54. The van der Waals surface area contributed by atoms with Crippen LogP contribution in [0.3, 0.4) is 0 Å². The highest BCUT2D eigenvalue weighted by atomic mass is 79.9. The third-order valence-corrected chi connectivity index (χ3v) is 3.86. The topological polar surface area (TPSA) is 30.0 Å². The molecule has 0 N–H and O–H groups in total. The molecule has 0 aliphatic heterocycles. The highest BCUT2D eigenvalue weighted by Crippen LogP contribution is 2.23. The van der Waals surface area contributed by atoms with Gasteiger partial charge in [-0.15, -0.1) is 11.3 Å². The second-order valence-electron chi connectivity index (χ2n) is 3.18. The van der Waals surface area contributed by atoms with Crippen LogP contribution in [0.2, 0.25) is 5.15 Å². The number of aromatic nitrogens is 1. The zero-order valence-corrected chi connectivity index (χ0v) is 11.3. The van der Waals surface area contributed by atoms with Gasteiger partial charge in [-0.2, -0.15) is 0 Å². The molecule has 2 aromatic heterocycles. The summed E-state index contributed by atoms with van der Waals surface area (Å²) in [7, 11) is 0. The molecule has 0 spiro atoms. The van der Waals surface area contributed by atoms with Gasteiger partial charge in [0.05, 0.1) is 3.79 Å².